The molecule has 0 aliphatic rings. The van der Waals surface area contributed by atoms with E-state index in [0.717, 1.165) is 103 Å². The number of carbonyl (C=O) groups is 3. The smallest absolute Gasteiger partial charge is 0.361 e. The molecule has 2 atom stereocenters. The van der Waals surface area contributed by atoms with Crippen molar-refractivity contribution in [1.82, 2.24) is 0 Å². The lowest BCUT2D eigenvalue weighted by molar-refractivity contribution is -0.870. The Morgan fingerprint density at radius 1 is 0.337 bits per heavy atom. The minimum Gasteiger partial charge on any atom is -0.477 e. The van der Waals surface area contributed by atoms with Crippen molar-refractivity contribution in [2.75, 3.05) is 47.5 Å². The molecule has 2 unspecified atom stereocenters. The number of rotatable bonds is 68. The van der Waals surface area contributed by atoms with Crippen molar-refractivity contribution >= 4 is 17.9 Å². The molecule has 1 N–H and O–H groups in total. The van der Waals surface area contributed by atoms with Crippen LogP contribution in [0.3, 0.4) is 0 Å². The molecular weight excluding hydrogens is 1100 g/mol. The predicted octanol–water partition coefficient (Wildman–Crippen LogP) is 23.4. The van der Waals surface area contributed by atoms with Gasteiger partial charge in [0.1, 0.15) is 13.2 Å². The Labute approximate surface area is 549 Å². The molecule has 0 spiro atoms. The fourth-order valence-electron chi connectivity index (χ4n) is 10.4. The molecule has 0 amide bonds. The molecule has 0 aliphatic heterocycles. The third-order valence-electron chi connectivity index (χ3n) is 16.0. The number of aliphatic carboxylic acids is 1. The van der Waals surface area contributed by atoms with Crippen LogP contribution in [0.5, 0.6) is 0 Å². The molecule has 0 saturated heterocycles. The van der Waals surface area contributed by atoms with Crippen LogP contribution in [0.4, 0.5) is 0 Å². The monoisotopic (exact) mass is 1240 g/mol. The van der Waals surface area contributed by atoms with Crippen LogP contribution in [0.25, 0.3) is 0 Å². The summed E-state index contributed by atoms with van der Waals surface area (Å²) in [6, 6.07) is 0. The van der Waals surface area contributed by atoms with Gasteiger partial charge in [-0.25, -0.2) is 4.79 Å². The third-order valence-corrected chi connectivity index (χ3v) is 16.0. The summed E-state index contributed by atoms with van der Waals surface area (Å²) in [5.41, 5.74) is 0. The number of nitrogens with zero attached hydrogens (tertiary/aromatic N) is 1. The zero-order valence-corrected chi connectivity index (χ0v) is 58.6. The minimum atomic E-state index is -1.52. The van der Waals surface area contributed by atoms with Crippen LogP contribution in [-0.4, -0.2) is 87.4 Å². The number of likely N-dealkylation sites (N-methyl/N-ethyl adjacent to an activating group) is 1. The summed E-state index contributed by atoms with van der Waals surface area (Å²) < 4.78 is 23.0. The SMILES string of the molecule is CC/C=C\C/C=C\C/C=C\C/C=C\C/C=C\CCCCCCCCCCCC(=O)OC(COC(=O)CCCCCCCCCCCCCCCCCCCCCCCCCCCC/C=C\C/C=C\C/C=C\C/C=C\CC)COC(OCC[N+](C)(C)C)C(=O)O. The molecule has 9 nitrogen and oxygen atoms in total. The summed E-state index contributed by atoms with van der Waals surface area (Å²) in [6.07, 6.45) is 95.1. The Morgan fingerprint density at radius 3 is 0.899 bits per heavy atom. The number of carbonyl (C=O) groups excluding carboxylic acids is 2. The maximum atomic E-state index is 12.9. The maximum absolute atomic E-state index is 12.9. The number of esters is 2. The van der Waals surface area contributed by atoms with Crippen LogP contribution in [0.15, 0.2) is 109 Å². The molecule has 0 heterocycles. The van der Waals surface area contributed by atoms with Gasteiger partial charge >= 0.3 is 17.9 Å². The molecule has 0 rings (SSSR count). The number of allylic oxidation sites excluding steroid dienone is 18. The number of hydrogen-bond acceptors (Lipinski definition) is 7. The second-order valence-corrected chi connectivity index (χ2v) is 25.8. The van der Waals surface area contributed by atoms with E-state index in [1.807, 2.05) is 21.1 Å². The average Bonchev–Trinajstić information content (AvgIpc) is 3.64. The highest BCUT2D eigenvalue weighted by atomic mass is 16.7. The largest absolute Gasteiger partial charge is 0.477 e. The van der Waals surface area contributed by atoms with Crippen LogP contribution in [0.2, 0.25) is 0 Å². The van der Waals surface area contributed by atoms with E-state index < -0.39 is 24.3 Å². The van der Waals surface area contributed by atoms with E-state index in [2.05, 4.69) is 123 Å². The Bertz CT molecular complexity index is 1830. The van der Waals surface area contributed by atoms with Gasteiger partial charge in [-0.1, -0.05) is 322 Å². The fourth-order valence-corrected chi connectivity index (χ4v) is 10.4. The van der Waals surface area contributed by atoms with E-state index >= 15 is 0 Å². The van der Waals surface area contributed by atoms with E-state index in [4.69, 9.17) is 18.9 Å². The fraction of sp³-hybridized carbons (Fsp3) is 0.738. The van der Waals surface area contributed by atoms with Gasteiger partial charge in [-0.05, 0) is 96.3 Å². The van der Waals surface area contributed by atoms with Gasteiger partial charge in [-0.3, -0.25) is 9.59 Å². The first-order chi connectivity index (χ1) is 43.6. The topological polar surface area (TPSA) is 108 Å². The first kappa shape index (κ1) is 85.0. The summed E-state index contributed by atoms with van der Waals surface area (Å²) in [4.78, 5) is 37.7. The van der Waals surface area contributed by atoms with Crippen molar-refractivity contribution in [3.8, 4) is 0 Å². The third kappa shape index (κ3) is 71.3. The molecule has 0 aromatic carbocycles. The lowest BCUT2D eigenvalue weighted by Gasteiger charge is -2.25. The van der Waals surface area contributed by atoms with Crippen molar-refractivity contribution in [2.24, 2.45) is 0 Å². The molecule has 0 fully saturated rings. The van der Waals surface area contributed by atoms with E-state index in [1.165, 1.54) is 186 Å². The Balaban J connectivity index is 4.01. The molecule has 0 aromatic heterocycles. The van der Waals surface area contributed by atoms with Crippen LogP contribution in [0.1, 0.15) is 322 Å². The number of carboxylic acids is 1. The number of ether oxygens (including phenoxy) is 4. The van der Waals surface area contributed by atoms with E-state index in [-0.39, 0.29) is 32.2 Å². The van der Waals surface area contributed by atoms with E-state index in [1.54, 1.807) is 0 Å². The molecular formula is C80H140NO8+. The van der Waals surface area contributed by atoms with Crippen LogP contribution >= 0.6 is 0 Å². The molecule has 512 valence electrons. The summed E-state index contributed by atoms with van der Waals surface area (Å²) in [6.45, 7) is 4.67. The van der Waals surface area contributed by atoms with E-state index in [9.17, 15) is 19.5 Å². The van der Waals surface area contributed by atoms with Gasteiger partial charge in [0, 0.05) is 12.8 Å². The van der Waals surface area contributed by atoms with Crippen molar-refractivity contribution in [3.63, 3.8) is 0 Å². The number of unbranched alkanes of at least 4 members (excludes halogenated alkanes) is 35. The van der Waals surface area contributed by atoms with Crippen molar-refractivity contribution < 1.29 is 42.9 Å². The summed E-state index contributed by atoms with van der Waals surface area (Å²) >= 11 is 0. The summed E-state index contributed by atoms with van der Waals surface area (Å²) in [5, 5.41) is 9.75. The molecule has 0 radical (unpaired) electrons. The zero-order valence-electron chi connectivity index (χ0n) is 58.6. The molecule has 0 aromatic rings. The van der Waals surface area contributed by atoms with Gasteiger partial charge in [0.25, 0.3) is 6.29 Å². The Morgan fingerprint density at radius 2 is 0.607 bits per heavy atom. The lowest BCUT2D eigenvalue weighted by Crippen LogP contribution is -2.40. The average molecular weight is 1240 g/mol. The molecule has 0 bridgehead atoms. The summed E-state index contributed by atoms with van der Waals surface area (Å²) in [5.74, 6) is -2.00. The highest BCUT2D eigenvalue weighted by Crippen LogP contribution is 2.18. The van der Waals surface area contributed by atoms with Gasteiger partial charge in [-0.15, -0.1) is 0 Å². The maximum Gasteiger partial charge on any atom is 0.361 e. The molecule has 9 heteroatoms. The first-order valence-corrected chi connectivity index (χ1v) is 37.1. The Kier molecular flexibility index (Phi) is 66.7. The summed E-state index contributed by atoms with van der Waals surface area (Å²) in [7, 11) is 5.98. The van der Waals surface area contributed by atoms with E-state index in [0.29, 0.717) is 23.9 Å². The highest BCUT2D eigenvalue weighted by Gasteiger charge is 2.25. The van der Waals surface area contributed by atoms with Crippen molar-refractivity contribution in [3.05, 3.63) is 109 Å². The minimum absolute atomic E-state index is 0.184. The van der Waals surface area contributed by atoms with Crippen LogP contribution in [-0.2, 0) is 33.3 Å². The van der Waals surface area contributed by atoms with Crippen molar-refractivity contribution in [2.45, 2.75) is 334 Å². The Hall–Kier alpha value is -4.05. The molecule has 89 heavy (non-hydrogen) atoms. The van der Waals surface area contributed by atoms with Gasteiger partial charge in [0.05, 0.1) is 34.4 Å². The lowest BCUT2D eigenvalue weighted by atomic mass is 10.0. The van der Waals surface area contributed by atoms with Crippen molar-refractivity contribution in [1.29, 1.82) is 0 Å². The second kappa shape index (κ2) is 69.8. The quantitative estimate of drug-likeness (QED) is 0.0211. The predicted molar refractivity (Wildman–Crippen MR) is 382 cm³/mol. The first-order valence-electron chi connectivity index (χ1n) is 37.1. The number of quaternary nitrogens is 1. The highest BCUT2D eigenvalue weighted by molar-refractivity contribution is 5.71. The zero-order chi connectivity index (χ0) is 64.7. The number of carboxylic acid groups (broad SMARTS) is 1. The van der Waals surface area contributed by atoms with Gasteiger partial charge in [0.15, 0.2) is 6.10 Å². The van der Waals surface area contributed by atoms with Crippen LogP contribution < -0.4 is 0 Å². The van der Waals surface area contributed by atoms with Gasteiger partial charge in [0.2, 0.25) is 0 Å². The normalized spacial score (nSPS) is 13.3. The number of hydrogen-bond donors (Lipinski definition) is 1. The van der Waals surface area contributed by atoms with Gasteiger partial charge < -0.3 is 28.5 Å². The van der Waals surface area contributed by atoms with Crippen LogP contribution in [0, 0.1) is 0 Å². The second-order valence-electron chi connectivity index (χ2n) is 25.8. The standard InChI is InChI=1S/C80H139NO8/c1-6-8-10-12-14-16-18-20-22-24-26-28-30-32-33-34-35-36-37-38-39-40-41-42-43-44-45-47-48-50-52-54-56-58-60-62-64-66-68-70-77(82)87-74-76(75-88-80(79(84)85)86-73-72-81(3,4)5)89-78(83)71-69-67-65-63-61-59-57-55-53-51-49-46-31-29-27-25-23-21-19-17-15-13-11-9-7-2/h8-11,14-17,20-23,26-29,46,49,76,80H,6-7,12-13,18-19,24-25,30-45,47-48,50-75H2,1-5H3/p+1/b10-8-,11-9-,16-14-,17-15-,22-20-,23-21-,28-26-,29-27-,49-46-. The molecule has 0 saturated carbocycles. The van der Waals surface area contributed by atoms with Gasteiger partial charge in [-0.2, -0.15) is 0 Å². The molecule has 0 aliphatic carbocycles.